The van der Waals surface area contributed by atoms with Gasteiger partial charge in [0.05, 0.1) is 12.2 Å². The van der Waals surface area contributed by atoms with Crippen LogP contribution in [0.2, 0.25) is 0 Å². The molecule has 0 fully saturated rings. The standard InChI is InChI=1S/C20H22BrN5O/c1-14-10-17(6-9-19(14)21)24-20(27)11-25(3)15(2)16-4-7-18(8-5-16)26-13-22-12-23-26/h4-10,12-13,15H,11H2,1-3H3,(H,24,27)/t15-/m0/s1. The van der Waals surface area contributed by atoms with Gasteiger partial charge in [-0.05, 0) is 62.4 Å². The summed E-state index contributed by atoms with van der Waals surface area (Å²) in [6.07, 6.45) is 3.18. The lowest BCUT2D eigenvalue weighted by Gasteiger charge is -2.24. The Bertz CT molecular complexity index is 909. The number of hydrogen-bond donors (Lipinski definition) is 1. The highest BCUT2D eigenvalue weighted by atomic mass is 79.9. The van der Waals surface area contributed by atoms with Crippen LogP contribution in [0.5, 0.6) is 0 Å². The maximum absolute atomic E-state index is 12.4. The van der Waals surface area contributed by atoms with Crippen molar-refractivity contribution in [1.29, 1.82) is 0 Å². The van der Waals surface area contributed by atoms with Crippen LogP contribution in [0.4, 0.5) is 5.69 Å². The number of carbonyl (C=O) groups is 1. The van der Waals surface area contributed by atoms with Crippen LogP contribution in [0.15, 0.2) is 59.6 Å². The van der Waals surface area contributed by atoms with Gasteiger partial charge in [0.25, 0.3) is 0 Å². The minimum atomic E-state index is -0.0368. The zero-order valence-corrected chi connectivity index (χ0v) is 17.1. The van der Waals surface area contributed by atoms with Crippen LogP contribution in [0, 0.1) is 6.92 Å². The normalized spacial score (nSPS) is 12.2. The molecule has 0 saturated heterocycles. The first-order valence-corrected chi connectivity index (χ1v) is 9.44. The van der Waals surface area contributed by atoms with Gasteiger partial charge in [-0.15, -0.1) is 0 Å². The quantitative estimate of drug-likeness (QED) is 0.646. The second-order valence-electron chi connectivity index (χ2n) is 6.53. The summed E-state index contributed by atoms with van der Waals surface area (Å²) in [5, 5.41) is 7.08. The number of amides is 1. The molecule has 1 atom stereocenters. The van der Waals surface area contributed by atoms with E-state index in [-0.39, 0.29) is 11.9 Å². The number of aromatic nitrogens is 3. The first-order valence-electron chi connectivity index (χ1n) is 8.65. The number of nitrogens with one attached hydrogen (secondary N) is 1. The number of nitrogens with zero attached hydrogens (tertiary/aromatic N) is 4. The molecule has 1 amide bonds. The van der Waals surface area contributed by atoms with Crippen molar-refractivity contribution in [3.05, 3.63) is 70.7 Å². The van der Waals surface area contributed by atoms with E-state index >= 15 is 0 Å². The van der Waals surface area contributed by atoms with Gasteiger partial charge in [0.15, 0.2) is 0 Å². The fraction of sp³-hybridized carbons (Fsp3) is 0.250. The number of halogens is 1. The second-order valence-corrected chi connectivity index (χ2v) is 7.39. The van der Waals surface area contributed by atoms with E-state index in [0.717, 1.165) is 27.0 Å². The molecule has 0 bridgehead atoms. The lowest BCUT2D eigenvalue weighted by atomic mass is 10.1. The smallest absolute Gasteiger partial charge is 0.238 e. The lowest BCUT2D eigenvalue weighted by molar-refractivity contribution is -0.117. The van der Waals surface area contributed by atoms with Crippen molar-refractivity contribution in [1.82, 2.24) is 19.7 Å². The Balaban J connectivity index is 1.60. The summed E-state index contributed by atoms with van der Waals surface area (Å²) in [4.78, 5) is 18.4. The third kappa shape index (κ3) is 4.81. The number of carbonyl (C=O) groups excluding carboxylic acids is 1. The minimum Gasteiger partial charge on any atom is -0.325 e. The van der Waals surface area contributed by atoms with E-state index in [0.29, 0.717) is 6.54 Å². The highest BCUT2D eigenvalue weighted by Gasteiger charge is 2.15. The third-order valence-electron chi connectivity index (χ3n) is 4.55. The molecule has 0 radical (unpaired) electrons. The number of anilines is 1. The van der Waals surface area contributed by atoms with Gasteiger partial charge in [0, 0.05) is 16.2 Å². The molecule has 0 unspecified atom stereocenters. The predicted molar refractivity (Wildman–Crippen MR) is 110 cm³/mol. The van der Waals surface area contributed by atoms with Gasteiger partial charge in [-0.2, -0.15) is 5.10 Å². The van der Waals surface area contributed by atoms with Crippen LogP contribution in [-0.4, -0.2) is 39.2 Å². The molecule has 0 saturated carbocycles. The number of likely N-dealkylation sites (N-methyl/N-ethyl adjacent to an activating group) is 1. The number of benzene rings is 2. The molecule has 3 rings (SSSR count). The van der Waals surface area contributed by atoms with E-state index in [4.69, 9.17) is 0 Å². The van der Waals surface area contributed by atoms with E-state index in [1.165, 1.54) is 6.33 Å². The van der Waals surface area contributed by atoms with E-state index in [2.05, 4.69) is 38.3 Å². The topological polar surface area (TPSA) is 63.1 Å². The molecular weight excluding hydrogens is 406 g/mol. The Morgan fingerprint density at radius 2 is 2.00 bits per heavy atom. The molecule has 7 heteroatoms. The molecular formula is C20H22BrN5O. The summed E-state index contributed by atoms with van der Waals surface area (Å²) in [5.74, 6) is -0.0368. The van der Waals surface area contributed by atoms with Crippen molar-refractivity contribution in [2.24, 2.45) is 0 Å². The monoisotopic (exact) mass is 427 g/mol. The molecule has 6 nitrogen and oxygen atoms in total. The maximum Gasteiger partial charge on any atom is 0.238 e. The molecule has 0 aliphatic heterocycles. The number of hydrogen-bond acceptors (Lipinski definition) is 4. The first-order chi connectivity index (χ1) is 12.9. The molecule has 0 spiro atoms. The van der Waals surface area contributed by atoms with Crippen LogP contribution in [-0.2, 0) is 4.79 Å². The zero-order valence-electron chi connectivity index (χ0n) is 15.6. The van der Waals surface area contributed by atoms with Crippen LogP contribution in [0.1, 0.15) is 24.1 Å². The van der Waals surface area contributed by atoms with Gasteiger partial charge >= 0.3 is 0 Å². The first kappa shape index (κ1) is 19.3. The van der Waals surface area contributed by atoms with Gasteiger partial charge in [-0.1, -0.05) is 28.1 Å². The molecule has 1 heterocycles. The predicted octanol–water partition coefficient (Wildman–Crippen LogP) is 3.97. The fourth-order valence-corrected chi connectivity index (χ4v) is 3.03. The van der Waals surface area contributed by atoms with E-state index < -0.39 is 0 Å². The van der Waals surface area contributed by atoms with Gasteiger partial charge in [0.2, 0.25) is 5.91 Å². The van der Waals surface area contributed by atoms with Crippen molar-refractivity contribution < 1.29 is 4.79 Å². The lowest BCUT2D eigenvalue weighted by Crippen LogP contribution is -2.32. The largest absolute Gasteiger partial charge is 0.325 e. The van der Waals surface area contributed by atoms with Gasteiger partial charge in [-0.3, -0.25) is 9.69 Å². The molecule has 0 aliphatic rings. The summed E-state index contributed by atoms with van der Waals surface area (Å²) in [7, 11) is 1.95. The van der Waals surface area contributed by atoms with Crippen LogP contribution >= 0.6 is 15.9 Å². The Morgan fingerprint density at radius 3 is 2.63 bits per heavy atom. The summed E-state index contributed by atoms with van der Waals surface area (Å²) < 4.78 is 2.74. The Labute approximate surface area is 167 Å². The van der Waals surface area contributed by atoms with E-state index in [9.17, 15) is 4.79 Å². The van der Waals surface area contributed by atoms with Crippen molar-refractivity contribution >= 4 is 27.5 Å². The van der Waals surface area contributed by atoms with Crippen molar-refractivity contribution in [2.75, 3.05) is 18.9 Å². The Hall–Kier alpha value is -2.51. The Kier molecular flexibility index (Phi) is 6.03. The molecule has 140 valence electrons. The maximum atomic E-state index is 12.4. The average Bonchev–Trinajstić information content (AvgIpc) is 3.19. The molecule has 2 aromatic carbocycles. The SMILES string of the molecule is Cc1cc(NC(=O)CN(C)[C@@H](C)c2ccc(-n3cncn3)cc2)ccc1Br. The van der Waals surface area contributed by atoms with Gasteiger partial charge in [-0.25, -0.2) is 9.67 Å². The minimum absolute atomic E-state index is 0.0368. The molecule has 27 heavy (non-hydrogen) atoms. The zero-order chi connectivity index (χ0) is 19.4. The number of rotatable bonds is 6. The van der Waals surface area contributed by atoms with Crippen LogP contribution in [0.25, 0.3) is 5.69 Å². The highest BCUT2D eigenvalue weighted by molar-refractivity contribution is 9.10. The van der Waals surface area contributed by atoms with E-state index in [1.807, 2.05) is 61.3 Å². The molecule has 0 aliphatic carbocycles. The summed E-state index contributed by atoms with van der Waals surface area (Å²) in [6.45, 7) is 4.39. The van der Waals surface area contributed by atoms with E-state index in [1.54, 1.807) is 11.0 Å². The molecule has 3 aromatic rings. The van der Waals surface area contributed by atoms with Crippen LogP contribution < -0.4 is 5.32 Å². The van der Waals surface area contributed by atoms with Crippen LogP contribution in [0.3, 0.4) is 0 Å². The van der Waals surface area contributed by atoms with Gasteiger partial charge < -0.3 is 5.32 Å². The summed E-state index contributed by atoms with van der Waals surface area (Å²) in [5.41, 5.74) is 3.98. The van der Waals surface area contributed by atoms with Crippen molar-refractivity contribution in [2.45, 2.75) is 19.9 Å². The average molecular weight is 428 g/mol. The Morgan fingerprint density at radius 1 is 1.26 bits per heavy atom. The summed E-state index contributed by atoms with van der Waals surface area (Å²) >= 11 is 3.47. The summed E-state index contributed by atoms with van der Waals surface area (Å²) in [6, 6.07) is 14.0. The third-order valence-corrected chi connectivity index (χ3v) is 5.44. The second kappa shape index (κ2) is 8.45. The fourth-order valence-electron chi connectivity index (χ4n) is 2.79. The van der Waals surface area contributed by atoms with Crippen molar-refractivity contribution in [3.63, 3.8) is 0 Å². The van der Waals surface area contributed by atoms with Gasteiger partial charge in [0.1, 0.15) is 12.7 Å². The molecule has 1 aromatic heterocycles. The number of aryl methyl sites for hydroxylation is 1. The highest BCUT2D eigenvalue weighted by Crippen LogP contribution is 2.22. The van der Waals surface area contributed by atoms with Crippen molar-refractivity contribution in [3.8, 4) is 5.69 Å². The molecule has 1 N–H and O–H groups in total.